The first-order valence-electron chi connectivity index (χ1n) is 12.0. The van der Waals surface area contributed by atoms with E-state index in [-0.39, 0.29) is 23.8 Å². The van der Waals surface area contributed by atoms with Crippen LogP contribution >= 0.6 is 23.2 Å². The molecule has 4 nitrogen and oxygen atoms in total. The molecule has 1 aliphatic carbocycles. The van der Waals surface area contributed by atoms with E-state index in [1.54, 1.807) is 13.0 Å². The molecule has 0 N–H and O–H groups in total. The molecular formula is C28H33Cl2NO3S. The van der Waals surface area contributed by atoms with Crippen molar-refractivity contribution in [3.63, 3.8) is 0 Å². The van der Waals surface area contributed by atoms with E-state index in [2.05, 4.69) is 6.58 Å². The largest absolute Gasteiger partial charge is 0.327 e. The molecule has 188 valence electrons. The number of benzene rings is 2. The smallest absolute Gasteiger partial charge is 0.229 e. The molecule has 1 heterocycles. The molecule has 2 fully saturated rings. The molecule has 6 atom stereocenters. The van der Waals surface area contributed by atoms with Crippen molar-refractivity contribution in [3.05, 3.63) is 82.4 Å². The van der Waals surface area contributed by atoms with Gasteiger partial charge in [0, 0.05) is 22.2 Å². The molecule has 2 aromatic carbocycles. The highest BCUT2D eigenvalue weighted by Gasteiger charge is 2.67. The zero-order valence-electron chi connectivity index (χ0n) is 20.7. The number of likely N-dealkylation sites (tertiary alicyclic amines) is 1. The fraction of sp³-hybridized carbons (Fsp3) is 0.464. The third-order valence-electron chi connectivity index (χ3n) is 8.27. The van der Waals surface area contributed by atoms with Gasteiger partial charge in [0.2, 0.25) is 5.91 Å². The second-order valence-corrected chi connectivity index (χ2v) is 13.9. The van der Waals surface area contributed by atoms with Gasteiger partial charge in [-0.3, -0.25) is 4.79 Å². The van der Waals surface area contributed by atoms with E-state index in [9.17, 15) is 13.2 Å². The molecule has 7 heteroatoms. The van der Waals surface area contributed by atoms with Gasteiger partial charge in [-0.05, 0) is 67.5 Å². The number of carbonyl (C=O) groups excluding carboxylic acids is 1. The fourth-order valence-electron chi connectivity index (χ4n) is 6.20. The maximum absolute atomic E-state index is 14.4. The van der Waals surface area contributed by atoms with Crippen molar-refractivity contribution in [3.8, 4) is 0 Å². The first-order valence-corrected chi connectivity index (χ1v) is 14.7. The van der Waals surface area contributed by atoms with E-state index in [0.29, 0.717) is 29.3 Å². The highest BCUT2D eigenvalue weighted by Crippen LogP contribution is 2.62. The Labute approximate surface area is 219 Å². The van der Waals surface area contributed by atoms with Crippen molar-refractivity contribution in [1.82, 2.24) is 4.90 Å². The Morgan fingerprint density at radius 1 is 1.11 bits per heavy atom. The summed E-state index contributed by atoms with van der Waals surface area (Å²) >= 11 is 12.6. The Balaban J connectivity index is 1.99. The molecule has 1 amide bonds. The molecule has 0 spiro atoms. The molecule has 4 rings (SSSR count). The fourth-order valence-corrected chi connectivity index (χ4v) is 7.71. The van der Waals surface area contributed by atoms with Crippen molar-refractivity contribution in [2.75, 3.05) is 6.26 Å². The van der Waals surface area contributed by atoms with Gasteiger partial charge < -0.3 is 4.90 Å². The average Bonchev–Trinajstić information content (AvgIpc) is 3.46. The monoisotopic (exact) mass is 533 g/mol. The Hall–Kier alpha value is -1.82. The molecule has 2 aromatic rings. The van der Waals surface area contributed by atoms with E-state index in [4.69, 9.17) is 23.2 Å². The van der Waals surface area contributed by atoms with Crippen LogP contribution in [0.1, 0.15) is 63.1 Å². The van der Waals surface area contributed by atoms with Gasteiger partial charge in [0.05, 0.1) is 22.2 Å². The lowest BCUT2D eigenvalue weighted by atomic mass is 9.66. The van der Waals surface area contributed by atoms with Crippen LogP contribution in [0.2, 0.25) is 10.0 Å². The summed E-state index contributed by atoms with van der Waals surface area (Å²) in [7, 11) is -3.41. The molecule has 1 unspecified atom stereocenters. The quantitative estimate of drug-likeness (QED) is 0.366. The molecule has 35 heavy (non-hydrogen) atoms. The first kappa shape index (κ1) is 26.2. The van der Waals surface area contributed by atoms with Crippen LogP contribution in [0.4, 0.5) is 0 Å². The standard InChI is InChI=1S/C28H33Cl2NO3S/c1-6-14-27(4)17-24(21-8-7-9-23(30)15-21)25(20-10-12-22(29)13-11-20)31(26(27)32)28(16-18(28)2)19(3)35(5,33)34/h6-13,15,18-19,24-25H,1,14,16-17H2,2-5H3/t18-,19+,24-,25-,27+,28?/m1/s1. The minimum Gasteiger partial charge on any atom is -0.327 e. The van der Waals surface area contributed by atoms with Crippen LogP contribution < -0.4 is 0 Å². The third-order valence-corrected chi connectivity index (χ3v) is 10.4. The molecule has 0 bridgehead atoms. The SMILES string of the molecule is C=CC[C@@]1(C)C[C@H](c2cccc(Cl)c2)[C@@H](c2ccc(Cl)cc2)N(C2([C@H](C)S(C)(=O)=O)C[C@H]2C)C1=O. The summed E-state index contributed by atoms with van der Waals surface area (Å²) in [6, 6.07) is 15.0. The van der Waals surface area contributed by atoms with Crippen LogP contribution in [0.5, 0.6) is 0 Å². The number of halogens is 2. The summed E-state index contributed by atoms with van der Waals surface area (Å²) in [5.41, 5.74) is 0.465. The Bertz CT molecular complexity index is 1250. The number of hydrogen-bond acceptors (Lipinski definition) is 3. The number of piperidine rings is 1. The van der Waals surface area contributed by atoms with Crippen molar-refractivity contribution in [2.24, 2.45) is 11.3 Å². The lowest BCUT2D eigenvalue weighted by Crippen LogP contribution is -2.61. The van der Waals surface area contributed by atoms with Gasteiger partial charge in [0.25, 0.3) is 0 Å². The van der Waals surface area contributed by atoms with Gasteiger partial charge in [-0.15, -0.1) is 6.58 Å². The Morgan fingerprint density at radius 2 is 1.74 bits per heavy atom. The van der Waals surface area contributed by atoms with E-state index < -0.39 is 26.0 Å². The van der Waals surface area contributed by atoms with E-state index >= 15 is 0 Å². The van der Waals surface area contributed by atoms with Crippen molar-refractivity contribution < 1.29 is 13.2 Å². The van der Waals surface area contributed by atoms with Crippen LogP contribution in [-0.4, -0.2) is 36.3 Å². The number of amides is 1. The number of nitrogens with zero attached hydrogens (tertiary/aromatic N) is 1. The predicted molar refractivity (Wildman–Crippen MR) is 144 cm³/mol. The minimum absolute atomic E-state index is 0.0181. The second-order valence-electron chi connectivity index (χ2n) is 10.7. The van der Waals surface area contributed by atoms with Gasteiger partial charge in [-0.2, -0.15) is 0 Å². The van der Waals surface area contributed by atoms with Crippen LogP contribution in [0.15, 0.2) is 61.2 Å². The van der Waals surface area contributed by atoms with Crippen molar-refractivity contribution in [1.29, 1.82) is 0 Å². The summed E-state index contributed by atoms with van der Waals surface area (Å²) < 4.78 is 25.8. The molecule has 1 saturated heterocycles. The number of allylic oxidation sites excluding steroid dienone is 1. The van der Waals surface area contributed by atoms with E-state index in [1.165, 1.54) is 6.26 Å². The zero-order valence-corrected chi connectivity index (χ0v) is 23.0. The topological polar surface area (TPSA) is 54.5 Å². The third kappa shape index (κ3) is 4.56. The van der Waals surface area contributed by atoms with Crippen molar-refractivity contribution >= 4 is 38.9 Å². The van der Waals surface area contributed by atoms with Crippen LogP contribution in [-0.2, 0) is 14.6 Å². The first-order chi connectivity index (χ1) is 16.3. The van der Waals surface area contributed by atoms with Crippen LogP contribution in [0.25, 0.3) is 0 Å². The number of rotatable bonds is 7. The Morgan fingerprint density at radius 3 is 2.26 bits per heavy atom. The van der Waals surface area contributed by atoms with E-state index in [0.717, 1.165) is 11.1 Å². The summed E-state index contributed by atoms with van der Waals surface area (Å²) in [6.07, 6.45) is 4.80. The van der Waals surface area contributed by atoms with Gasteiger partial charge in [-0.25, -0.2) is 8.42 Å². The molecule has 1 saturated carbocycles. The predicted octanol–water partition coefficient (Wildman–Crippen LogP) is 6.84. The summed E-state index contributed by atoms with van der Waals surface area (Å²) in [4.78, 5) is 16.4. The van der Waals surface area contributed by atoms with Gasteiger partial charge >= 0.3 is 0 Å². The molecular weight excluding hydrogens is 501 g/mol. The van der Waals surface area contributed by atoms with E-state index in [1.807, 2.05) is 67.3 Å². The maximum atomic E-state index is 14.4. The Kier molecular flexibility index (Phi) is 6.93. The van der Waals surface area contributed by atoms with Crippen LogP contribution in [0.3, 0.4) is 0 Å². The number of sulfone groups is 1. The highest BCUT2D eigenvalue weighted by atomic mass is 35.5. The lowest BCUT2D eigenvalue weighted by Gasteiger charge is -2.54. The summed E-state index contributed by atoms with van der Waals surface area (Å²) in [5.74, 6) is -0.0542. The molecule has 2 aliphatic rings. The molecule has 0 radical (unpaired) electrons. The van der Waals surface area contributed by atoms with Crippen LogP contribution in [0, 0.1) is 11.3 Å². The number of carbonyl (C=O) groups is 1. The van der Waals surface area contributed by atoms with Crippen molar-refractivity contribution in [2.45, 2.75) is 62.8 Å². The lowest BCUT2D eigenvalue weighted by molar-refractivity contribution is -0.156. The number of hydrogen-bond donors (Lipinski definition) is 0. The second kappa shape index (κ2) is 9.24. The van der Waals surface area contributed by atoms with Gasteiger partial charge in [0.15, 0.2) is 9.84 Å². The molecule has 0 aromatic heterocycles. The average molecular weight is 535 g/mol. The highest BCUT2D eigenvalue weighted by molar-refractivity contribution is 7.91. The maximum Gasteiger partial charge on any atom is 0.229 e. The van der Waals surface area contributed by atoms with Gasteiger partial charge in [0.1, 0.15) is 0 Å². The van der Waals surface area contributed by atoms with Gasteiger partial charge in [-0.1, -0.05) is 67.4 Å². The normalized spacial score (nSPS) is 31.8. The zero-order chi connectivity index (χ0) is 25.8. The minimum atomic E-state index is -3.41. The summed E-state index contributed by atoms with van der Waals surface area (Å²) in [6.45, 7) is 9.69. The molecule has 1 aliphatic heterocycles. The summed E-state index contributed by atoms with van der Waals surface area (Å²) in [5, 5.41) is 0.539.